The van der Waals surface area contributed by atoms with Crippen molar-refractivity contribution in [3.8, 4) is 18.1 Å². The van der Waals surface area contributed by atoms with Crippen LogP contribution in [0.25, 0.3) is 0 Å². The molecule has 0 aliphatic carbocycles. The number of aromatic hydroxyl groups is 1. The summed E-state index contributed by atoms with van der Waals surface area (Å²) in [7, 11) is -3.69. The molecule has 23 heavy (non-hydrogen) atoms. The smallest absolute Gasteiger partial charge is 0.255 e. The SMILES string of the molecule is C#CCNS(=O)(=O)c1ccc(C(=O)Nc2ccccc2O)cc1. The van der Waals surface area contributed by atoms with Crippen molar-refractivity contribution < 1.29 is 18.3 Å². The van der Waals surface area contributed by atoms with E-state index in [-0.39, 0.29) is 28.4 Å². The molecule has 0 aliphatic heterocycles. The van der Waals surface area contributed by atoms with E-state index >= 15 is 0 Å². The number of nitrogens with one attached hydrogen (secondary N) is 2. The second-order valence-corrected chi connectivity index (χ2v) is 6.29. The highest BCUT2D eigenvalue weighted by atomic mass is 32.2. The zero-order valence-electron chi connectivity index (χ0n) is 12.0. The van der Waals surface area contributed by atoms with Gasteiger partial charge < -0.3 is 10.4 Å². The quantitative estimate of drug-likeness (QED) is 0.572. The molecule has 0 saturated carbocycles. The summed E-state index contributed by atoms with van der Waals surface area (Å²) in [5.74, 6) is 1.66. The molecular formula is C16H14N2O4S. The first-order chi connectivity index (χ1) is 10.9. The van der Waals surface area contributed by atoms with Crippen molar-refractivity contribution in [2.45, 2.75) is 4.90 Å². The summed E-state index contributed by atoms with van der Waals surface area (Å²) in [6.07, 6.45) is 5.01. The number of phenols is 1. The molecule has 0 saturated heterocycles. The Balaban J connectivity index is 2.15. The monoisotopic (exact) mass is 330 g/mol. The Morgan fingerprint density at radius 3 is 2.39 bits per heavy atom. The topological polar surface area (TPSA) is 95.5 Å². The standard InChI is InChI=1S/C16H14N2O4S/c1-2-11-17-23(21,22)13-9-7-12(8-10-13)16(20)18-14-5-3-4-6-15(14)19/h1,3-10,17,19H,11H2,(H,18,20). The first kappa shape index (κ1) is 16.5. The lowest BCUT2D eigenvalue weighted by Crippen LogP contribution is -2.24. The van der Waals surface area contributed by atoms with Crippen LogP contribution in [0.1, 0.15) is 10.4 Å². The van der Waals surface area contributed by atoms with Gasteiger partial charge in [-0.3, -0.25) is 4.79 Å². The van der Waals surface area contributed by atoms with Crippen LogP contribution in [0.15, 0.2) is 53.4 Å². The fourth-order valence-electron chi connectivity index (χ4n) is 1.78. The van der Waals surface area contributed by atoms with Crippen LogP contribution < -0.4 is 10.0 Å². The number of benzene rings is 2. The van der Waals surface area contributed by atoms with Crippen molar-refractivity contribution in [1.82, 2.24) is 4.72 Å². The van der Waals surface area contributed by atoms with E-state index in [1.54, 1.807) is 18.2 Å². The van der Waals surface area contributed by atoms with Gasteiger partial charge in [0.25, 0.3) is 5.91 Å². The van der Waals surface area contributed by atoms with Gasteiger partial charge in [-0.1, -0.05) is 18.1 Å². The predicted octanol–water partition coefficient (Wildman–Crippen LogP) is 1.56. The Hall–Kier alpha value is -2.82. The van der Waals surface area contributed by atoms with Crippen LogP contribution in [0.5, 0.6) is 5.75 Å². The number of amides is 1. The van der Waals surface area contributed by atoms with Gasteiger partial charge >= 0.3 is 0 Å². The minimum Gasteiger partial charge on any atom is -0.506 e. The van der Waals surface area contributed by atoms with E-state index in [0.717, 1.165) is 0 Å². The van der Waals surface area contributed by atoms with Crippen molar-refractivity contribution >= 4 is 21.6 Å². The fraction of sp³-hybridized carbons (Fsp3) is 0.0625. The van der Waals surface area contributed by atoms with Gasteiger partial charge in [0.15, 0.2) is 0 Å². The molecule has 0 aliphatic rings. The van der Waals surface area contributed by atoms with E-state index < -0.39 is 15.9 Å². The van der Waals surface area contributed by atoms with E-state index in [2.05, 4.69) is 16.0 Å². The Labute approximate surface area is 134 Å². The number of hydrogen-bond acceptors (Lipinski definition) is 4. The second kappa shape index (κ2) is 6.96. The van der Waals surface area contributed by atoms with Gasteiger partial charge in [-0.15, -0.1) is 6.42 Å². The van der Waals surface area contributed by atoms with E-state index in [9.17, 15) is 18.3 Å². The maximum Gasteiger partial charge on any atom is 0.255 e. The lowest BCUT2D eigenvalue weighted by atomic mass is 10.2. The van der Waals surface area contributed by atoms with Crippen LogP contribution >= 0.6 is 0 Å². The van der Waals surface area contributed by atoms with Crippen molar-refractivity contribution in [3.05, 3.63) is 54.1 Å². The Bertz CT molecular complexity index is 852. The van der Waals surface area contributed by atoms with Crippen LogP contribution in [-0.4, -0.2) is 26.0 Å². The molecule has 118 valence electrons. The van der Waals surface area contributed by atoms with Gasteiger partial charge in [-0.05, 0) is 36.4 Å². The zero-order chi connectivity index (χ0) is 16.9. The number of sulfonamides is 1. The summed E-state index contributed by atoms with van der Waals surface area (Å²) in [5.41, 5.74) is 0.522. The molecule has 0 aromatic heterocycles. The van der Waals surface area contributed by atoms with E-state index in [1.807, 2.05) is 0 Å². The Kier molecular flexibility index (Phi) is 5.01. The van der Waals surface area contributed by atoms with Gasteiger partial charge in [0.2, 0.25) is 10.0 Å². The number of carbonyl (C=O) groups excluding carboxylic acids is 1. The molecule has 0 radical (unpaired) electrons. The highest BCUT2D eigenvalue weighted by molar-refractivity contribution is 7.89. The molecule has 2 rings (SSSR count). The number of hydrogen-bond donors (Lipinski definition) is 3. The molecule has 6 nitrogen and oxygen atoms in total. The number of para-hydroxylation sites is 2. The number of phenolic OH excluding ortho intramolecular Hbond substituents is 1. The van der Waals surface area contributed by atoms with Gasteiger partial charge in [-0.2, -0.15) is 4.72 Å². The summed E-state index contributed by atoms with van der Waals surface area (Å²) in [4.78, 5) is 12.1. The summed E-state index contributed by atoms with van der Waals surface area (Å²) in [5, 5.41) is 12.2. The van der Waals surface area contributed by atoms with Crippen LogP contribution in [0.2, 0.25) is 0 Å². The van der Waals surface area contributed by atoms with Gasteiger partial charge in [0, 0.05) is 5.56 Å². The van der Waals surface area contributed by atoms with E-state index in [1.165, 1.54) is 30.3 Å². The first-order valence-corrected chi connectivity index (χ1v) is 8.05. The van der Waals surface area contributed by atoms with Crippen LogP contribution in [-0.2, 0) is 10.0 Å². The largest absolute Gasteiger partial charge is 0.506 e. The molecule has 0 spiro atoms. The zero-order valence-corrected chi connectivity index (χ0v) is 12.8. The molecule has 2 aromatic rings. The average molecular weight is 330 g/mol. The molecule has 7 heteroatoms. The molecule has 0 fully saturated rings. The van der Waals surface area contributed by atoms with Crippen LogP contribution in [0.4, 0.5) is 5.69 Å². The molecule has 1 amide bonds. The number of rotatable bonds is 5. The Morgan fingerprint density at radius 1 is 1.13 bits per heavy atom. The summed E-state index contributed by atoms with van der Waals surface area (Å²) >= 11 is 0. The number of terminal acetylenes is 1. The maximum absolute atomic E-state index is 12.1. The maximum atomic E-state index is 12.1. The molecule has 0 bridgehead atoms. The van der Waals surface area contributed by atoms with Crippen molar-refractivity contribution in [2.75, 3.05) is 11.9 Å². The van der Waals surface area contributed by atoms with Crippen molar-refractivity contribution in [3.63, 3.8) is 0 Å². The fourth-order valence-corrected chi connectivity index (χ4v) is 2.71. The molecule has 3 N–H and O–H groups in total. The molecule has 0 atom stereocenters. The minimum absolute atomic E-state index is 0.00635. The van der Waals surface area contributed by atoms with Gasteiger partial charge in [0.1, 0.15) is 5.75 Å². The third-order valence-electron chi connectivity index (χ3n) is 2.94. The summed E-state index contributed by atoms with van der Waals surface area (Å²) < 4.78 is 26.0. The van der Waals surface area contributed by atoms with E-state index in [4.69, 9.17) is 6.42 Å². The summed E-state index contributed by atoms with van der Waals surface area (Å²) in [6.45, 7) is -0.113. The normalized spacial score (nSPS) is 10.7. The highest BCUT2D eigenvalue weighted by Gasteiger charge is 2.14. The molecule has 0 unspecified atom stereocenters. The van der Waals surface area contributed by atoms with Crippen LogP contribution in [0, 0.1) is 12.3 Å². The molecule has 0 heterocycles. The van der Waals surface area contributed by atoms with Gasteiger partial charge in [-0.25, -0.2) is 8.42 Å². The average Bonchev–Trinajstić information content (AvgIpc) is 2.55. The summed E-state index contributed by atoms with van der Waals surface area (Å²) in [6, 6.07) is 11.7. The molecule has 2 aromatic carbocycles. The lowest BCUT2D eigenvalue weighted by molar-refractivity contribution is 0.102. The highest BCUT2D eigenvalue weighted by Crippen LogP contribution is 2.22. The Morgan fingerprint density at radius 2 is 1.78 bits per heavy atom. The third kappa shape index (κ3) is 4.10. The van der Waals surface area contributed by atoms with Crippen LogP contribution in [0.3, 0.4) is 0 Å². The minimum atomic E-state index is -3.69. The second-order valence-electron chi connectivity index (χ2n) is 4.52. The molecular weight excluding hydrogens is 316 g/mol. The van der Waals surface area contributed by atoms with Gasteiger partial charge in [0.05, 0.1) is 17.1 Å². The number of carbonyl (C=O) groups is 1. The van der Waals surface area contributed by atoms with Crippen molar-refractivity contribution in [2.24, 2.45) is 0 Å². The lowest BCUT2D eigenvalue weighted by Gasteiger charge is -2.08. The first-order valence-electron chi connectivity index (χ1n) is 6.56. The third-order valence-corrected chi connectivity index (χ3v) is 4.36. The number of anilines is 1. The van der Waals surface area contributed by atoms with Crippen molar-refractivity contribution in [1.29, 1.82) is 0 Å². The van der Waals surface area contributed by atoms with E-state index in [0.29, 0.717) is 0 Å². The predicted molar refractivity (Wildman–Crippen MR) is 86.5 cm³/mol.